The Morgan fingerprint density at radius 3 is 1.43 bits per heavy atom. The van der Waals surface area contributed by atoms with Gasteiger partial charge in [0.25, 0.3) is 0 Å². The summed E-state index contributed by atoms with van der Waals surface area (Å²) in [6.07, 6.45) is 0. The number of halogens is 4. The van der Waals surface area contributed by atoms with Gasteiger partial charge in [0.2, 0.25) is 0 Å². The van der Waals surface area contributed by atoms with E-state index in [1.54, 1.807) is 6.07 Å². The van der Waals surface area contributed by atoms with Crippen LogP contribution in [0.1, 0.15) is 20.7 Å². The zero-order valence-corrected chi connectivity index (χ0v) is 16.9. The van der Waals surface area contributed by atoms with Crippen LogP contribution in [0.5, 0.6) is 11.5 Å². The van der Waals surface area contributed by atoms with E-state index in [0.717, 1.165) is 0 Å². The molecule has 28 heavy (non-hydrogen) atoms. The highest BCUT2D eigenvalue weighted by Crippen LogP contribution is 2.26. The molecular weight excluding hydrogens is 446 g/mol. The van der Waals surface area contributed by atoms with Crippen molar-refractivity contribution in [2.24, 2.45) is 0 Å². The van der Waals surface area contributed by atoms with Crippen molar-refractivity contribution in [3.63, 3.8) is 0 Å². The molecule has 0 spiro atoms. The maximum absolute atomic E-state index is 12.3. The molecule has 0 saturated heterocycles. The first-order valence-corrected chi connectivity index (χ1v) is 9.29. The van der Waals surface area contributed by atoms with Gasteiger partial charge in [0.1, 0.15) is 11.5 Å². The maximum atomic E-state index is 12.3. The summed E-state index contributed by atoms with van der Waals surface area (Å²) in [7, 11) is 0. The molecule has 0 saturated carbocycles. The Kier molecular flexibility index (Phi) is 6.47. The topological polar surface area (TPSA) is 52.6 Å². The molecule has 0 heterocycles. The molecule has 0 amide bonds. The first-order valence-electron chi connectivity index (χ1n) is 7.78. The van der Waals surface area contributed by atoms with E-state index in [2.05, 4.69) is 0 Å². The largest absolute Gasteiger partial charge is 0.423 e. The van der Waals surface area contributed by atoms with Gasteiger partial charge in [-0.2, -0.15) is 0 Å². The van der Waals surface area contributed by atoms with Gasteiger partial charge in [-0.25, -0.2) is 9.59 Å². The smallest absolute Gasteiger partial charge is 0.345 e. The van der Waals surface area contributed by atoms with Crippen LogP contribution in [0.25, 0.3) is 0 Å². The van der Waals surface area contributed by atoms with Crippen LogP contribution in [-0.4, -0.2) is 11.9 Å². The Morgan fingerprint density at radius 1 is 0.607 bits per heavy atom. The molecule has 0 radical (unpaired) electrons. The number of hydrogen-bond acceptors (Lipinski definition) is 4. The van der Waals surface area contributed by atoms with E-state index in [0.29, 0.717) is 10.0 Å². The summed E-state index contributed by atoms with van der Waals surface area (Å²) in [5.74, 6) is -1.01. The lowest BCUT2D eigenvalue weighted by Crippen LogP contribution is -2.11. The Labute approximate surface area is 180 Å². The summed E-state index contributed by atoms with van der Waals surface area (Å²) in [6, 6.07) is 14.9. The fourth-order valence-corrected chi connectivity index (χ4v) is 3.21. The Balaban J connectivity index is 1.75. The molecule has 3 rings (SSSR count). The highest BCUT2D eigenvalue weighted by molar-refractivity contribution is 6.37. The van der Waals surface area contributed by atoms with Crippen molar-refractivity contribution in [1.82, 2.24) is 0 Å². The maximum Gasteiger partial charge on any atom is 0.345 e. The zero-order chi connectivity index (χ0) is 20.3. The first-order chi connectivity index (χ1) is 13.3. The van der Waals surface area contributed by atoms with Gasteiger partial charge in [0.15, 0.2) is 0 Å². The van der Waals surface area contributed by atoms with Gasteiger partial charge in [0.05, 0.1) is 21.2 Å². The first kappa shape index (κ1) is 20.5. The van der Waals surface area contributed by atoms with Gasteiger partial charge in [-0.05, 0) is 48.5 Å². The molecule has 0 unspecified atom stereocenters. The molecule has 0 fully saturated rings. The average Bonchev–Trinajstić information content (AvgIpc) is 2.61. The predicted octanol–water partition coefficient (Wildman–Crippen LogP) is 6.74. The molecule has 0 N–H and O–H groups in total. The third-order valence-corrected chi connectivity index (χ3v) is 4.62. The summed E-state index contributed by atoms with van der Waals surface area (Å²) in [4.78, 5) is 24.6. The minimum absolute atomic E-state index is 0.154. The van der Waals surface area contributed by atoms with Crippen LogP contribution in [0.4, 0.5) is 0 Å². The molecule has 0 aromatic heterocycles. The van der Waals surface area contributed by atoms with Crippen molar-refractivity contribution in [1.29, 1.82) is 0 Å². The molecule has 0 aliphatic carbocycles. The average molecular weight is 456 g/mol. The van der Waals surface area contributed by atoms with Crippen LogP contribution in [0.3, 0.4) is 0 Å². The van der Waals surface area contributed by atoms with Crippen molar-refractivity contribution >= 4 is 58.3 Å². The van der Waals surface area contributed by atoms with E-state index in [-0.39, 0.29) is 32.7 Å². The predicted molar refractivity (Wildman–Crippen MR) is 109 cm³/mol. The fraction of sp³-hybridized carbons (Fsp3) is 0. The minimum Gasteiger partial charge on any atom is -0.423 e. The lowest BCUT2D eigenvalue weighted by atomic mass is 10.2. The van der Waals surface area contributed by atoms with Crippen molar-refractivity contribution in [2.75, 3.05) is 0 Å². The minimum atomic E-state index is -0.675. The molecule has 0 aliphatic heterocycles. The van der Waals surface area contributed by atoms with Gasteiger partial charge in [-0.3, -0.25) is 0 Å². The normalized spacial score (nSPS) is 10.4. The molecule has 142 valence electrons. The fourth-order valence-electron chi connectivity index (χ4n) is 2.24. The highest BCUT2D eigenvalue weighted by Gasteiger charge is 2.16. The van der Waals surface area contributed by atoms with Crippen molar-refractivity contribution in [3.05, 3.63) is 91.9 Å². The number of rotatable bonds is 4. The van der Waals surface area contributed by atoms with E-state index in [1.807, 2.05) is 0 Å². The third-order valence-electron chi connectivity index (χ3n) is 3.53. The molecule has 8 heteroatoms. The number of esters is 2. The van der Waals surface area contributed by atoms with Crippen LogP contribution < -0.4 is 9.47 Å². The van der Waals surface area contributed by atoms with Crippen LogP contribution in [0, 0.1) is 0 Å². The van der Waals surface area contributed by atoms with Crippen molar-refractivity contribution in [2.45, 2.75) is 0 Å². The molecule has 3 aromatic carbocycles. The third kappa shape index (κ3) is 4.97. The van der Waals surface area contributed by atoms with Gasteiger partial charge in [-0.15, -0.1) is 0 Å². The van der Waals surface area contributed by atoms with Crippen LogP contribution in [0.2, 0.25) is 20.1 Å². The summed E-state index contributed by atoms with van der Waals surface area (Å²) in [6.45, 7) is 0. The van der Waals surface area contributed by atoms with E-state index in [9.17, 15) is 9.59 Å². The SMILES string of the molecule is O=C(Oc1cccc(OC(=O)c2ccc(Cl)cc2Cl)c1)c1ccc(Cl)cc1Cl. The second kappa shape index (κ2) is 8.84. The monoisotopic (exact) mass is 454 g/mol. The number of ether oxygens (including phenoxy) is 2. The van der Waals surface area contributed by atoms with Crippen molar-refractivity contribution in [3.8, 4) is 11.5 Å². The molecule has 4 nitrogen and oxygen atoms in total. The number of benzene rings is 3. The van der Waals surface area contributed by atoms with Gasteiger partial charge >= 0.3 is 11.9 Å². The van der Waals surface area contributed by atoms with Crippen LogP contribution in [-0.2, 0) is 0 Å². The Hall–Kier alpha value is -2.24. The second-order valence-corrected chi connectivity index (χ2v) is 7.19. The number of hydrogen-bond donors (Lipinski definition) is 0. The van der Waals surface area contributed by atoms with Gasteiger partial charge < -0.3 is 9.47 Å². The highest BCUT2D eigenvalue weighted by atomic mass is 35.5. The van der Waals surface area contributed by atoms with E-state index >= 15 is 0 Å². The van der Waals surface area contributed by atoms with Crippen LogP contribution >= 0.6 is 46.4 Å². The van der Waals surface area contributed by atoms with E-state index in [1.165, 1.54) is 54.6 Å². The number of carbonyl (C=O) groups excluding carboxylic acids is 2. The number of carbonyl (C=O) groups is 2. The quantitative estimate of drug-likeness (QED) is 0.323. The Bertz CT molecular complexity index is 985. The van der Waals surface area contributed by atoms with Crippen LogP contribution in [0.15, 0.2) is 60.7 Å². The molecule has 3 aromatic rings. The molecule has 0 aliphatic rings. The standard InChI is InChI=1S/C20H10Cl4O4/c21-11-4-6-15(17(23)8-11)19(25)27-13-2-1-3-14(10-13)28-20(26)16-7-5-12(22)9-18(16)24/h1-10H. The molecule has 0 bridgehead atoms. The summed E-state index contributed by atoms with van der Waals surface area (Å²) in [5.41, 5.74) is 0.308. The Morgan fingerprint density at radius 2 is 1.04 bits per heavy atom. The summed E-state index contributed by atoms with van der Waals surface area (Å²) < 4.78 is 10.6. The lowest BCUT2D eigenvalue weighted by Gasteiger charge is -2.09. The second-order valence-electron chi connectivity index (χ2n) is 5.50. The summed E-state index contributed by atoms with van der Waals surface area (Å²) >= 11 is 23.7. The molecule has 0 atom stereocenters. The summed E-state index contributed by atoms with van der Waals surface area (Å²) in [5, 5.41) is 1.13. The lowest BCUT2D eigenvalue weighted by molar-refractivity contribution is 0.0733. The zero-order valence-electron chi connectivity index (χ0n) is 13.9. The van der Waals surface area contributed by atoms with Crippen molar-refractivity contribution < 1.29 is 19.1 Å². The van der Waals surface area contributed by atoms with E-state index < -0.39 is 11.9 Å². The van der Waals surface area contributed by atoms with Gasteiger partial charge in [0, 0.05) is 16.1 Å². The van der Waals surface area contributed by atoms with Gasteiger partial charge in [-0.1, -0.05) is 52.5 Å². The molecular formula is C20H10Cl4O4. The van der Waals surface area contributed by atoms with E-state index in [4.69, 9.17) is 55.9 Å².